The van der Waals surface area contributed by atoms with Gasteiger partial charge in [0.2, 0.25) is 5.91 Å². The Kier molecular flexibility index (Phi) is 6.72. The molecule has 0 atom stereocenters. The van der Waals surface area contributed by atoms with E-state index in [-0.39, 0.29) is 11.7 Å². The van der Waals surface area contributed by atoms with E-state index in [1.165, 1.54) is 23.1 Å². The van der Waals surface area contributed by atoms with Gasteiger partial charge in [-0.2, -0.15) is 0 Å². The van der Waals surface area contributed by atoms with Crippen molar-refractivity contribution in [3.63, 3.8) is 0 Å². The van der Waals surface area contributed by atoms with Gasteiger partial charge in [0.05, 0.1) is 7.11 Å². The Labute approximate surface area is 200 Å². The molecule has 2 fully saturated rings. The first kappa shape index (κ1) is 22.7. The molecule has 2 aliphatic rings. The summed E-state index contributed by atoms with van der Waals surface area (Å²) in [6.07, 6.45) is 4.94. The van der Waals surface area contributed by atoms with Crippen molar-refractivity contribution < 1.29 is 13.9 Å². The van der Waals surface area contributed by atoms with Gasteiger partial charge in [-0.25, -0.2) is 4.39 Å². The van der Waals surface area contributed by atoms with E-state index < -0.39 is 0 Å². The first-order valence-corrected chi connectivity index (χ1v) is 12.3. The number of anilines is 1. The van der Waals surface area contributed by atoms with Gasteiger partial charge >= 0.3 is 0 Å². The van der Waals surface area contributed by atoms with Gasteiger partial charge in [-0.3, -0.25) is 4.79 Å². The number of aromatic amines is 1. The second-order valence-corrected chi connectivity index (χ2v) is 9.37. The van der Waals surface area contributed by atoms with Crippen molar-refractivity contribution in [2.45, 2.75) is 25.2 Å². The summed E-state index contributed by atoms with van der Waals surface area (Å²) in [5.74, 6) is 1.45. The highest BCUT2D eigenvalue weighted by atomic mass is 19.1. The molecule has 2 aliphatic heterocycles. The van der Waals surface area contributed by atoms with E-state index in [1.54, 1.807) is 7.11 Å². The van der Waals surface area contributed by atoms with Gasteiger partial charge in [-0.05, 0) is 79.9 Å². The number of methoxy groups -OCH3 is 1. The van der Waals surface area contributed by atoms with Gasteiger partial charge in [0.1, 0.15) is 11.6 Å². The molecule has 1 aromatic heterocycles. The number of aromatic nitrogens is 1. The zero-order valence-corrected chi connectivity index (χ0v) is 19.8. The largest absolute Gasteiger partial charge is 0.497 e. The number of piperidine rings is 1. The number of carbonyl (C=O) groups is 1. The van der Waals surface area contributed by atoms with Crippen LogP contribution in [0.3, 0.4) is 0 Å². The van der Waals surface area contributed by atoms with Crippen LogP contribution >= 0.6 is 0 Å². The molecule has 3 heterocycles. The number of fused-ring (bicyclic) bond motifs is 1. The number of nitrogens with one attached hydrogen (secondary N) is 1. The monoisotopic (exact) mass is 464 g/mol. The second kappa shape index (κ2) is 10.1. The number of nitrogens with zero attached hydrogens (tertiary/aromatic N) is 3. The third-order valence-corrected chi connectivity index (χ3v) is 7.41. The molecule has 5 rings (SSSR count). The highest BCUT2D eigenvalue weighted by Gasteiger charge is 2.25. The molecule has 2 saturated heterocycles. The first-order valence-electron chi connectivity index (χ1n) is 12.3. The third kappa shape index (κ3) is 4.89. The summed E-state index contributed by atoms with van der Waals surface area (Å²) in [5.41, 5.74) is 3.55. The van der Waals surface area contributed by atoms with E-state index in [0.717, 1.165) is 75.6 Å². The molecule has 6 nitrogen and oxygen atoms in total. The van der Waals surface area contributed by atoms with Crippen molar-refractivity contribution in [1.82, 2.24) is 14.8 Å². The lowest BCUT2D eigenvalue weighted by Crippen LogP contribution is -2.49. The van der Waals surface area contributed by atoms with Crippen LogP contribution in [0.25, 0.3) is 10.9 Å². The van der Waals surface area contributed by atoms with Crippen molar-refractivity contribution in [2.75, 3.05) is 57.8 Å². The van der Waals surface area contributed by atoms with Gasteiger partial charge in [0, 0.05) is 61.9 Å². The molecule has 3 aromatic rings. The average Bonchev–Trinajstić information content (AvgIpc) is 3.31. The van der Waals surface area contributed by atoms with Crippen molar-refractivity contribution in [1.29, 1.82) is 0 Å². The first-order chi connectivity index (χ1) is 16.6. The summed E-state index contributed by atoms with van der Waals surface area (Å²) in [7, 11) is 1.71. The predicted octanol–water partition coefficient (Wildman–Crippen LogP) is 4.23. The molecule has 0 unspecified atom stereocenters. The van der Waals surface area contributed by atoms with E-state index in [1.807, 2.05) is 23.1 Å². The molecule has 0 bridgehead atoms. The predicted molar refractivity (Wildman–Crippen MR) is 133 cm³/mol. The van der Waals surface area contributed by atoms with Crippen LogP contribution in [0.4, 0.5) is 10.1 Å². The van der Waals surface area contributed by atoms with Crippen molar-refractivity contribution >= 4 is 22.5 Å². The third-order valence-electron chi connectivity index (χ3n) is 7.41. The Morgan fingerprint density at radius 1 is 1.03 bits per heavy atom. The van der Waals surface area contributed by atoms with Crippen LogP contribution in [0, 0.1) is 5.82 Å². The smallest absolute Gasteiger partial charge is 0.223 e. The van der Waals surface area contributed by atoms with Crippen LogP contribution in [0.1, 0.15) is 30.7 Å². The minimum absolute atomic E-state index is 0.219. The molecule has 0 aliphatic carbocycles. The lowest BCUT2D eigenvalue weighted by Gasteiger charge is -2.37. The Bertz CT molecular complexity index is 1110. The zero-order valence-electron chi connectivity index (χ0n) is 19.8. The van der Waals surface area contributed by atoms with E-state index in [0.29, 0.717) is 12.3 Å². The molecule has 0 saturated carbocycles. The molecular weight excluding hydrogens is 431 g/mol. The number of hydrogen-bond acceptors (Lipinski definition) is 4. The number of benzene rings is 2. The SMILES string of the molecule is COc1ccc2[nH]cc(C3CCN(CCC(=O)N4CCN(c5ccc(F)cc5)CC4)CC3)c2c1. The number of amides is 1. The molecule has 0 spiro atoms. The van der Waals surface area contributed by atoms with E-state index in [9.17, 15) is 9.18 Å². The van der Waals surface area contributed by atoms with Gasteiger partial charge in [0.15, 0.2) is 0 Å². The lowest BCUT2D eigenvalue weighted by atomic mass is 9.89. The fourth-order valence-corrected chi connectivity index (χ4v) is 5.33. The Morgan fingerprint density at radius 3 is 2.47 bits per heavy atom. The molecule has 1 N–H and O–H groups in total. The molecular formula is C27H33FN4O2. The fraction of sp³-hybridized carbons (Fsp3) is 0.444. The van der Waals surface area contributed by atoms with Crippen molar-refractivity contribution in [2.24, 2.45) is 0 Å². The number of piperazine rings is 1. The summed E-state index contributed by atoms with van der Waals surface area (Å²) in [4.78, 5) is 22.8. The summed E-state index contributed by atoms with van der Waals surface area (Å²) in [5, 5.41) is 1.26. The Morgan fingerprint density at radius 2 is 1.76 bits per heavy atom. The lowest BCUT2D eigenvalue weighted by molar-refractivity contribution is -0.131. The topological polar surface area (TPSA) is 51.8 Å². The van der Waals surface area contributed by atoms with Crippen molar-refractivity contribution in [3.8, 4) is 5.75 Å². The van der Waals surface area contributed by atoms with Crippen LogP contribution in [-0.2, 0) is 4.79 Å². The molecule has 0 radical (unpaired) electrons. The molecule has 2 aromatic carbocycles. The van der Waals surface area contributed by atoms with Gasteiger partial charge < -0.3 is 24.4 Å². The van der Waals surface area contributed by atoms with Crippen LogP contribution < -0.4 is 9.64 Å². The Hall–Kier alpha value is -3.06. The maximum Gasteiger partial charge on any atom is 0.223 e. The number of carbonyl (C=O) groups excluding carboxylic acids is 1. The fourth-order valence-electron chi connectivity index (χ4n) is 5.33. The normalized spacial score (nSPS) is 17.9. The van der Waals surface area contributed by atoms with E-state index in [4.69, 9.17) is 4.74 Å². The van der Waals surface area contributed by atoms with Crippen LogP contribution in [0.5, 0.6) is 5.75 Å². The van der Waals surface area contributed by atoms with Crippen LogP contribution in [0.15, 0.2) is 48.7 Å². The highest BCUT2D eigenvalue weighted by molar-refractivity contribution is 5.85. The van der Waals surface area contributed by atoms with Gasteiger partial charge in [0.25, 0.3) is 0 Å². The number of ether oxygens (including phenoxy) is 1. The van der Waals surface area contributed by atoms with Crippen LogP contribution in [0.2, 0.25) is 0 Å². The van der Waals surface area contributed by atoms with Crippen LogP contribution in [-0.4, -0.2) is 73.6 Å². The van der Waals surface area contributed by atoms with Crippen molar-refractivity contribution in [3.05, 3.63) is 60.0 Å². The highest BCUT2D eigenvalue weighted by Crippen LogP contribution is 2.34. The number of halogens is 1. The molecule has 7 heteroatoms. The minimum atomic E-state index is -0.219. The Balaban J connectivity index is 1.07. The summed E-state index contributed by atoms with van der Waals surface area (Å²) < 4.78 is 18.6. The standard InChI is InChI=1S/C27H33FN4O2/c1-34-23-6-7-26-24(18-23)25(19-29-26)20-8-11-30(12-9-20)13-10-27(33)32-16-14-31(15-17-32)22-4-2-21(28)3-5-22/h2-7,18-20,29H,8-17H2,1H3. The number of likely N-dealkylation sites (tertiary alicyclic amines) is 1. The summed E-state index contributed by atoms with van der Waals surface area (Å²) >= 11 is 0. The molecule has 180 valence electrons. The van der Waals surface area contributed by atoms with Gasteiger partial charge in [-0.1, -0.05) is 0 Å². The maximum absolute atomic E-state index is 13.2. The van der Waals surface area contributed by atoms with E-state index in [2.05, 4.69) is 33.1 Å². The maximum atomic E-state index is 13.2. The number of hydrogen-bond donors (Lipinski definition) is 1. The molecule has 1 amide bonds. The van der Waals surface area contributed by atoms with E-state index >= 15 is 0 Å². The average molecular weight is 465 g/mol. The minimum Gasteiger partial charge on any atom is -0.497 e. The quantitative estimate of drug-likeness (QED) is 0.593. The summed E-state index contributed by atoms with van der Waals surface area (Å²) in [6, 6.07) is 12.8. The molecule has 34 heavy (non-hydrogen) atoms. The zero-order chi connectivity index (χ0) is 23.5. The second-order valence-electron chi connectivity index (χ2n) is 9.37. The number of rotatable bonds is 6. The number of H-pyrrole nitrogens is 1. The van der Waals surface area contributed by atoms with Gasteiger partial charge in [-0.15, -0.1) is 0 Å². The summed E-state index contributed by atoms with van der Waals surface area (Å²) in [6.45, 7) is 5.90.